The van der Waals surface area contributed by atoms with Gasteiger partial charge in [-0.1, -0.05) is 0 Å². The molecule has 1 aliphatic carbocycles. The summed E-state index contributed by atoms with van der Waals surface area (Å²) in [6.45, 7) is 3.98. The summed E-state index contributed by atoms with van der Waals surface area (Å²) < 4.78 is 8.80. The van der Waals surface area contributed by atoms with Crippen LogP contribution in [0.15, 0.2) is 59.0 Å². The number of hydrogen-bond acceptors (Lipinski definition) is 4. The molecule has 0 atom stereocenters. The van der Waals surface area contributed by atoms with Crippen molar-refractivity contribution in [3.05, 3.63) is 71.1 Å². The molecule has 36 heavy (non-hydrogen) atoms. The highest BCUT2D eigenvalue weighted by Gasteiger charge is 2.25. The third kappa shape index (κ3) is 3.81. The highest BCUT2D eigenvalue weighted by atomic mass is 16.4. The highest BCUT2D eigenvalue weighted by molar-refractivity contribution is 6.09. The topological polar surface area (TPSA) is 94.0 Å². The summed E-state index contributed by atoms with van der Waals surface area (Å²) in [5.41, 5.74) is 3.62. The molecule has 0 aromatic heterocycles. The Balaban J connectivity index is 1.69. The molecular formula is C29H27N2O5+. The molecule has 3 aliphatic heterocycles. The number of hydrogen-bond donors (Lipinski definition) is 2. The fourth-order valence-corrected chi connectivity index (χ4v) is 5.57. The van der Waals surface area contributed by atoms with Crippen LogP contribution in [0.1, 0.15) is 46.4 Å². The third-order valence-corrected chi connectivity index (χ3v) is 7.40. The maximum absolute atomic E-state index is 12.2. The van der Waals surface area contributed by atoms with E-state index in [2.05, 4.69) is 9.48 Å². The molecule has 2 aromatic rings. The van der Waals surface area contributed by atoms with Crippen LogP contribution in [0.25, 0.3) is 33.4 Å². The molecule has 0 radical (unpaired) electrons. The van der Waals surface area contributed by atoms with Crippen molar-refractivity contribution in [3.8, 4) is 22.5 Å². The van der Waals surface area contributed by atoms with Gasteiger partial charge in [0.15, 0.2) is 0 Å². The van der Waals surface area contributed by atoms with E-state index >= 15 is 0 Å². The van der Waals surface area contributed by atoms with Gasteiger partial charge in [0, 0.05) is 60.3 Å². The maximum atomic E-state index is 12.2. The number of rotatable bonds is 4. The summed E-state index contributed by atoms with van der Waals surface area (Å²) in [4.78, 5) is 26.3. The second-order valence-corrected chi connectivity index (χ2v) is 9.60. The van der Waals surface area contributed by atoms with E-state index in [0.29, 0.717) is 22.5 Å². The Hall–Kier alpha value is -4.13. The van der Waals surface area contributed by atoms with Crippen LogP contribution in [-0.2, 0) is 0 Å². The van der Waals surface area contributed by atoms with E-state index in [1.54, 1.807) is 0 Å². The predicted molar refractivity (Wildman–Crippen MR) is 138 cm³/mol. The van der Waals surface area contributed by atoms with Gasteiger partial charge in [-0.05, 0) is 54.8 Å². The van der Waals surface area contributed by atoms with Gasteiger partial charge in [-0.3, -0.25) is 0 Å². The minimum atomic E-state index is -1.11. The standard InChI is InChI=1S/C29H26N2O5/c32-28(33)18-5-8-21(29(34)35)24(15-18)27-22-9-6-19(30-11-1-2-12-30)16-25(22)36-26-17-20(7-10-23(26)27)31-13-3-4-14-31/h5-10,15-17H,1-4,11-14H2,(H-,32,33,34,35)/p+1. The smallest absolute Gasteiger partial charge is 0.336 e. The van der Waals surface area contributed by atoms with Crippen molar-refractivity contribution >= 4 is 28.6 Å². The van der Waals surface area contributed by atoms with Gasteiger partial charge in [0.25, 0.3) is 0 Å². The molecule has 2 fully saturated rings. The van der Waals surface area contributed by atoms with Crippen molar-refractivity contribution in [2.45, 2.75) is 25.7 Å². The number of carboxylic acid groups (broad SMARTS) is 2. The number of anilines is 1. The summed E-state index contributed by atoms with van der Waals surface area (Å²) >= 11 is 0. The van der Waals surface area contributed by atoms with Gasteiger partial charge < -0.3 is 19.5 Å². The van der Waals surface area contributed by atoms with E-state index in [1.807, 2.05) is 36.4 Å². The van der Waals surface area contributed by atoms with Crippen molar-refractivity contribution < 1.29 is 24.2 Å². The molecule has 182 valence electrons. The fourth-order valence-electron chi connectivity index (χ4n) is 5.57. The first-order valence-electron chi connectivity index (χ1n) is 12.4. The zero-order valence-electron chi connectivity index (χ0n) is 19.9. The lowest BCUT2D eigenvalue weighted by Crippen LogP contribution is -2.26. The molecule has 0 unspecified atom stereocenters. The molecule has 6 rings (SSSR count). The Morgan fingerprint density at radius 2 is 1.58 bits per heavy atom. The van der Waals surface area contributed by atoms with Crippen molar-refractivity contribution in [2.24, 2.45) is 0 Å². The van der Waals surface area contributed by atoms with Gasteiger partial charge in [0.1, 0.15) is 24.4 Å². The van der Waals surface area contributed by atoms with Crippen LogP contribution in [-0.4, -0.2) is 48.3 Å². The maximum Gasteiger partial charge on any atom is 0.336 e. The summed E-state index contributed by atoms with van der Waals surface area (Å²) in [5, 5.41) is 21.5. The second-order valence-electron chi connectivity index (χ2n) is 9.60. The molecule has 0 spiro atoms. The minimum absolute atomic E-state index is 0.0412. The first-order chi connectivity index (χ1) is 17.5. The number of fused-ring (bicyclic) bond motifs is 2. The Morgan fingerprint density at radius 1 is 0.806 bits per heavy atom. The van der Waals surface area contributed by atoms with E-state index in [4.69, 9.17) is 4.42 Å². The molecular weight excluding hydrogens is 456 g/mol. The Morgan fingerprint density at radius 3 is 2.31 bits per heavy atom. The summed E-state index contributed by atoms with van der Waals surface area (Å²) in [6, 6.07) is 16.2. The van der Waals surface area contributed by atoms with Crippen molar-refractivity contribution in [3.63, 3.8) is 0 Å². The Kier molecular flexibility index (Phi) is 5.48. The molecule has 7 nitrogen and oxygen atoms in total. The number of benzene rings is 3. The SMILES string of the molecule is O=C(O)c1ccc(C(=O)O)c(-c2c3ccc(=[N+]4CCCC4)cc-3oc3cc(N4CCCC4)ccc23)c1. The quantitative estimate of drug-likeness (QED) is 0.321. The molecule has 7 heteroatoms. The first-order valence-corrected chi connectivity index (χ1v) is 12.4. The Labute approximate surface area is 207 Å². The summed E-state index contributed by atoms with van der Waals surface area (Å²) in [7, 11) is 0. The average Bonchev–Trinajstić information content (AvgIpc) is 3.61. The third-order valence-electron chi connectivity index (χ3n) is 7.40. The lowest BCUT2D eigenvalue weighted by Gasteiger charge is -2.20. The predicted octanol–water partition coefficient (Wildman–Crippen LogP) is 4.77. The van der Waals surface area contributed by atoms with Crippen LogP contribution in [0, 0.1) is 0 Å². The number of aromatic carboxylic acids is 2. The minimum Gasteiger partial charge on any atom is -0.478 e. The van der Waals surface area contributed by atoms with Gasteiger partial charge in [0.2, 0.25) is 5.36 Å². The zero-order chi connectivity index (χ0) is 24.8. The molecule has 0 saturated carbocycles. The summed E-state index contributed by atoms with van der Waals surface area (Å²) in [5.74, 6) is -1.56. The van der Waals surface area contributed by atoms with Crippen molar-refractivity contribution in [1.29, 1.82) is 0 Å². The van der Waals surface area contributed by atoms with Crippen LogP contribution in [0.3, 0.4) is 0 Å². The lowest BCUT2D eigenvalue weighted by molar-refractivity contribution is 0.0682. The van der Waals surface area contributed by atoms with E-state index in [-0.39, 0.29) is 11.1 Å². The normalized spacial score (nSPS) is 15.8. The molecule has 2 N–H and O–H groups in total. The van der Waals surface area contributed by atoms with Gasteiger partial charge in [-0.2, -0.15) is 0 Å². The average molecular weight is 484 g/mol. The zero-order valence-corrected chi connectivity index (χ0v) is 19.9. The monoisotopic (exact) mass is 483 g/mol. The van der Waals surface area contributed by atoms with Crippen LogP contribution in [0.4, 0.5) is 5.69 Å². The van der Waals surface area contributed by atoms with Gasteiger partial charge in [0.05, 0.1) is 17.2 Å². The molecule has 3 heterocycles. The van der Waals surface area contributed by atoms with Crippen LogP contribution in [0.5, 0.6) is 0 Å². The highest BCUT2D eigenvalue weighted by Crippen LogP contribution is 2.42. The van der Waals surface area contributed by atoms with Gasteiger partial charge in [-0.15, -0.1) is 0 Å². The van der Waals surface area contributed by atoms with Crippen molar-refractivity contribution in [1.82, 2.24) is 4.58 Å². The summed E-state index contributed by atoms with van der Waals surface area (Å²) in [6.07, 6.45) is 4.62. The Bertz CT molecular complexity index is 1550. The largest absolute Gasteiger partial charge is 0.478 e. The van der Waals surface area contributed by atoms with Gasteiger partial charge in [-0.25, -0.2) is 14.2 Å². The molecule has 0 amide bonds. The van der Waals surface area contributed by atoms with Gasteiger partial charge >= 0.3 is 11.9 Å². The molecule has 0 bridgehead atoms. The molecule has 2 saturated heterocycles. The molecule has 4 aliphatic rings. The number of carbonyl (C=O) groups is 2. The number of nitrogens with zero attached hydrogens (tertiary/aromatic N) is 2. The van der Waals surface area contributed by atoms with E-state index in [0.717, 1.165) is 73.9 Å². The lowest BCUT2D eigenvalue weighted by atomic mass is 9.89. The number of carboxylic acids is 2. The fraction of sp³-hybridized carbons (Fsp3) is 0.276. The van der Waals surface area contributed by atoms with Crippen LogP contribution in [0.2, 0.25) is 0 Å². The van der Waals surface area contributed by atoms with E-state index in [9.17, 15) is 19.8 Å². The second kappa shape index (κ2) is 8.82. The van der Waals surface area contributed by atoms with Crippen LogP contribution >= 0.6 is 0 Å². The van der Waals surface area contributed by atoms with Crippen LogP contribution < -0.4 is 14.8 Å². The first kappa shape index (κ1) is 22.3. The molecule has 2 aromatic carbocycles. The van der Waals surface area contributed by atoms with E-state index in [1.165, 1.54) is 18.2 Å². The van der Waals surface area contributed by atoms with Crippen molar-refractivity contribution in [2.75, 3.05) is 31.1 Å². The van der Waals surface area contributed by atoms with E-state index < -0.39 is 11.9 Å².